The molecule has 1 heterocycles. The molecular formula is C17H10N2O4S. The smallest absolute Gasteiger partial charge is 0.338 e. The van der Waals surface area contributed by atoms with E-state index < -0.39 is 10.9 Å². The van der Waals surface area contributed by atoms with E-state index in [1.807, 2.05) is 36.4 Å². The van der Waals surface area contributed by atoms with Gasteiger partial charge in [-0.05, 0) is 16.8 Å². The molecule has 1 aliphatic heterocycles. The highest BCUT2D eigenvalue weighted by molar-refractivity contribution is 8.00. The predicted octanol–water partition coefficient (Wildman–Crippen LogP) is 4.65. The van der Waals surface area contributed by atoms with E-state index in [1.54, 1.807) is 0 Å². The molecule has 0 radical (unpaired) electrons. The summed E-state index contributed by atoms with van der Waals surface area (Å²) in [6.45, 7) is 0. The number of fused-ring (bicyclic) bond motifs is 4. The summed E-state index contributed by atoms with van der Waals surface area (Å²) in [5.74, 6) is -1.20. The van der Waals surface area contributed by atoms with Crippen molar-refractivity contribution >= 4 is 45.6 Å². The van der Waals surface area contributed by atoms with Gasteiger partial charge in [-0.15, -0.1) is 0 Å². The van der Waals surface area contributed by atoms with Crippen LogP contribution in [0.4, 0.5) is 17.1 Å². The minimum absolute atomic E-state index is 0.106. The van der Waals surface area contributed by atoms with Crippen LogP contribution in [0.3, 0.4) is 0 Å². The summed E-state index contributed by atoms with van der Waals surface area (Å²) in [6, 6.07) is 14.2. The van der Waals surface area contributed by atoms with Gasteiger partial charge in [0.05, 0.1) is 21.9 Å². The van der Waals surface area contributed by atoms with Gasteiger partial charge in [0.15, 0.2) is 0 Å². The Morgan fingerprint density at radius 3 is 2.71 bits per heavy atom. The molecule has 0 atom stereocenters. The molecule has 3 aromatic carbocycles. The number of nitrogens with one attached hydrogen (secondary N) is 1. The number of carboxylic acid groups (broad SMARTS) is 1. The lowest BCUT2D eigenvalue weighted by molar-refractivity contribution is -0.385. The molecule has 1 aliphatic rings. The molecule has 0 saturated heterocycles. The van der Waals surface area contributed by atoms with Crippen LogP contribution >= 0.6 is 11.8 Å². The molecule has 24 heavy (non-hydrogen) atoms. The molecule has 4 rings (SSSR count). The van der Waals surface area contributed by atoms with E-state index in [0.29, 0.717) is 10.6 Å². The highest BCUT2D eigenvalue weighted by atomic mass is 32.2. The Labute approximate surface area is 140 Å². The molecule has 0 bridgehead atoms. The van der Waals surface area contributed by atoms with Crippen LogP contribution in [0.1, 0.15) is 10.4 Å². The fourth-order valence-corrected chi connectivity index (χ4v) is 3.97. The summed E-state index contributed by atoms with van der Waals surface area (Å²) in [7, 11) is 0. The zero-order valence-electron chi connectivity index (χ0n) is 12.1. The van der Waals surface area contributed by atoms with Crippen molar-refractivity contribution in [3.63, 3.8) is 0 Å². The van der Waals surface area contributed by atoms with Gasteiger partial charge in [-0.2, -0.15) is 0 Å². The normalized spacial score (nSPS) is 12.2. The number of non-ortho nitro benzene ring substituents is 1. The number of aromatic carboxylic acids is 1. The van der Waals surface area contributed by atoms with Crippen LogP contribution in [-0.2, 0) is 0 Å². The zero-order chi connectivity index (χ0) is 16.8. The summed E-state index contributed by atoms with van der Waals surface area (Å²) >= 11 is 1.34. The number of nitro benzene ring substituents is 1. The molecule has 0 amide bonds. The van der Waals surface area contributed by atoms with Crippen LogP contribution in [0.5, 0.6) is 0 Å². The molecular weight excluding hydrogens is 328 g/mol. The van der Waals surface area contributed by atoms with Crippen LogP contribution in [0.2, 0.25) is 0 Å². The van der Waals surface area contributed by atoms with E-state index in [4.69, 9.17) is 0 Å². The summed E-state index contributed by atoms with van der Waals surface area (Å²) in [4.78, 5) is 23.5. The first kappa shape index (κ1) is 14.5. The minimum Gasteiger partial charge on any atom is -0.478 e. The third-order valence-electron chi connectivity index (χ3n) is 3.88. The SMILES string of the molecule is O=C(O)c1cc([N+](=O)[O-])cc2c1Nc1ccc3ccccc3c1S2. The minimum atomic E-state index is -1.20. The number of hydrogen-bond acceptors (Lipinski definition) is 5. The molecule has 7 heteroatoms. The van der Waals surface area contributed by atoms with Gasteiger partial charge in [-0.3, -0.25) is 10.1 Å². The van der Waals surface area contributed by atoms with Crippen LogP contribution in [0.25, 0.3) is 10.8 Å². The zero-order valence-corrected chi connectivity index (χ0v) is 13.0. The Morgan fingerprint density at radius 1 is 1.17 bits per heavy atom. The van der Waals surface area contributed by atoms with Crippen molar-refractivity contribution in [1.29, 1.82) is 0 Å². The number of nitrogens with zero attached hydrogens (tertiary/aromatic N) is 1. The molecule has 2 N–H and O–H groups in total. The first-order valence-corrected chi connectivity index (χ1v) is 7.88. The summed E-state index contributed by atoms with van der Waals surface area (Å²) < 4.78 is 0. The van der Waals surface area contributed by atoms with Crippen LogP contribution in [0.15, 0.2) is 58.3 Å². The molecule has 0 aromatic heterocycles. The summed E-state index contributed by atoms with van der Waals surface area (Å²) in [5, 5.41) is 25.7. The second-order valence-electron chi connectivity index (χ2n) is 5.32. The van der Waals surface area contributed by atoms with Crippen molar-refractivity contribution in [2.45, 2.75) is 9.79 Å². The van der Waals surface area contributed by atoms with E-state index in [0.717, 1.165) is 27.4 Å². The number of hydrogen-bond donors (Lipinski definition) is 2. The number of carboxylic acids is 1. The molecule has 0 aliphatic carbocycles. The number of nitro groups is 1. The van der Waals surface area contributed by atoms with Crippen molar-refractivity contribution in [2.75, 3.05) is 5.32 Å². The van der Waals surface area contributed by atoms with Gasteiger partial charge in [0, 0.05) is 21.9 Å². The van der Waals surface area contributed by atoms with Crippen molar-refractivity contribution < 1.29 is 14.8 Å². The van der Waals surface area contributed by atoms with Gasteiger partial charge in [0.1, 0.15) is 0 Å². The Kier molecular flexibility index (Phi) is 3.17. The van der Waals surface area contributed by atoms with Crippen LogP contribution < -0.4 is 5.32 Å². The summed E-state index contributed by atoms with van der Waals surface area (Å²) in [5.41, 5.74) is 0.845. The maximum absolute atomic E-state index is 11.5. The highest BCUT2D eigenvalue weighted by Gasteiger charge is 2.26. The van der Waals surface area contributed by atoms with Crippen LogP contribution in [0, 0.1) is 10.1 Å². The quantitative estimate of drug-likeness (QED) is 0.408. The van der Waals surface area contributed by atoms with Gasteiger partial charge >= 0.3 is 5.97 Å². The number of carbonyl (C=O) groups is 1. The second-order valence-corrected chi connectivity index (χ2v) is 6.37. The Morgan fingerprint density at radius 2 is 1.96 bits per heavy atom. The first-order chi connectivity index (χ1) is 11.5. The van der Waals surface area contributed by atoms with Gasteiger partial charge in [-0.1, -0.05) is 42.1 Å². The largest absolute Gasteiger partial charge is 0.478 e. The third-order valence-corrected chi connectivity index (χ3v) is 5.07. The maximum Gasteiger partial charge on any atom is 0.338 e. The molecule has 0 fully saturated rings. The summed E-state index contributed by atoms with van der Waals surface area (Å²) in [6.07, 6.45) is 0. The first-order valence-electron chi connectivity index (χ1n) is 7.07. The second kappa shape index (κ2) is 5.24. The van der Waals surface area contributed by atoms with E-state index in [-0.39, 0.29) is 11.3 Å². The molecule has 0 unspecified atom stereocenters. The molecule has 118 valence electrons. The van der Waals surface area contributed by atoms with E-state index >= 15 is 0 Å². The Bertz CT molecular complexity index is 1030. The molecule has 0 saturated carbocycles. The van der Waals surface area contributed by atoms with Gasteiger partial charge < -0.3 is 10.4 Å². The number of anilines is 2. The van der Waals surface area contributed by atoms with Crippen LogP contribution in [-0.4, -0.2) is 16.0 Å². The lowest BCUT2D eigenvalue weighted by Crippen LogP contribution is -2.08. The predicted molar refractivity (Wildman–Crippen MR) is 91.4 cm³/mol. The fraction of sp³-hybridized carbons (Fsp3) is 0. The standard InChI is InChI=1S/C17H10N2O4S/c20-17(21)12-7-10(19(22)23)8-14-15(12)18-13-6-5-9-3-1-2-4-11(9)16(13)24-14/h1-8,18H,(H,20,21). The number of benzene rings is 3. The van der Waals surface area contributed by atoms with Crippen molar-refractivity contribution in [1.82, 2.24) is 0 Å². The third kappa shape index (κ3) is 2.17. The van der Waals surface area contributed by atoms with Gasteiger partial charge in [-0.25, -0.2) is 4.79 Å². The Hall–Kier alpha value is -3.06. The monoisotopic (exact) mass is 338 g/mol. The van der Waals surface area contributed by atoms with E-state index in [9.17, 15) is 20.0 Å². The van der Waals surface area contributed by atoms with Gasteiger partial charge in [0.2, 0.25) is 0 Å². The molecule has 6 nitrogen and oxygen atoms in total. The average Bonchev–Trinajstić information content (AvgIpc) is 2.58. The van der Waals surface area contributed by atoms with E-state index in [2.05, 4.69) is 5.32 Å². The number of rotatable bonds is 2. The average molecular weight is 338 g/mol. The van der Waals surface area contributed by atoms with Crippen molar-refractivity contribution in [3.05, 3.63) is 64.2 Å². The Balaban J connectivity index is 1.95. The van der Waals surface area contributed by atoms with Gasteiger partial charge in [0.25, 0.3) is 5.69 Å². The fourth-order valence-electron chi connectivity index (χ4n) is 2.78. The van der Waals surface area contributed by atoms with E-state index in [1.165, 1.54) is 17.8 Å². The molecule has 0 spiro atoms. The topological polar surface area (TPSA) is 92.5 Å². The lowest BCUT2D eigenvalue weighted by atomic mass is 10.1. The van der Waals surface area contributed by atoms with Crippen molar-refractivity contribution in [2.24, 2.45) is 0 Å². The molecule has 3 aromatic rings. The van der Waals surface area contributed by atoms with Crippen molar-refractivity contribution in [3.8, 4) is 0 Å². The maximum atomic E-state index is 11.5. The lowest BCUT2D eigenvalue weighted by Gasteiger charge is -2.23. The highest BCUT2D eigenvalue weighted by Crippen LogP contribution is 2.49.